The molecule has 0 fully saturated rings. The molecule has 1 N–H and O–H groups in total. The van der Waals surface area contributed by atoms with Crippen molar-refractivity contribution in [1.82, 2.24) is 4.98 Å². The minimum Gasteiger partial charge on any atom is -0.307 e. The van der Waals surface area contributed by atoms with E-state index in [4.69, 9.17) is 11.6 Å². The Hall–Kier alpha value is -2.50. The molecule has 0 radical (unpaired) electrons. The number of anilines is 2. The molecule has 4 nitrogen and oxygen atoms in total. The summed E-state index contributed by atoms with van der Waals surface area (Å²) >= 11 is 10.2. The van der Waals surface area contributed by atoms with E-state index < -0.39 is 6.03 Å². The van der Waals surface area contributed by atoms with E-state index in [1.807, 2.05) is 42.5 Å². The Morgan fingerprint density at radius 2 is 1.80 bits per heavy atom. The van der Waals surface area contributed by atoms with Gasteiger partial charge in [-0.25, -0.2) is 14.1 Å². The number of benzene rings is 2. The van der Waals surface area contributed by atoms with Crippen LogP contribution in [0.25, 0.3) is 0 Å². The van der Waals surface area contributed by atoms with Crippen molar-refractivity contribution in [3.63, 3.8) is 0 Å². The number of hydrogen-bond acceptors (Lipinski definition) is 3. The minimum absolute atomic E-state index is 0.407. The molecule has 0 saturated carbocycles. The molecular weight excluding hydrogens is 354 g/mol. The number of rotatable bonds is 4. The minimum atomic E-state index is -0.407. The number of carbonyl (C=O) groups excluding carboxylic acids is 1. The summed E-state index contributed by atoms with van der Waals surface area (Å²) in [6.45, 7) is 0. The average molecular weight is 370 g/mol. The molecule has 6 heteroatoms. The maximum atomic E-state index is 12.3. The normalized spacial score (nSPS) is 10.3. The Kier molecular flexibility index (Phi) is 5.58. The molecule has 0 saturated heterocycles. The van der Waals surface area contributed by atoms with E-state index in [0.717, 1.165) is 11.3 Å². The van der Waals surface area contributed by atoms with Gasteiger partial charge in [0.05, 0.1) is 0 Å². The third kappa shape index (κ3) is 4.75. The third-order valence-corrected chi connectivity index (χ3v) is 4.13. The standard InChI is InChI=1S/C19H16ClN3OS/c20-15-8-4-9-17(13-15)22-19(24)23(25)18-11-5-10-16(21-18)12-14-6-2-1-3-7-14/h1-11,13,25H,12H2,(H,22,24). The van der Waals surface area contributed by atoms with Gasteiger partial charge in [-0.3, -0.25) is 0 Å². The van der Waals surface area contributed by atoms with Gasteiger partial charge in [0.25, 0.3) is 0 Å². The number of thiol groups is 1. The number of amides is 2. The Morgan fingerprint density at radius 1 is 1.04 bits per heavy atom. The van der Waals surface area contributed by atoms with Crippen LogP contribution in [0.4, 0.5) is 16.3 Å². The van der Waals surface area contributed by atoms with Gasteiger partial charge < -0.3 is 5.32 Å². The summed E-state index contributed by atoms with van der Waals surface area (Å²) in [5, 5.41) is 3.28. The highest BCUT2D eigenvalue weighted by molar-refractivity contribution is 7.82. The molecular formula is C19H16ClN3OS. The fraction of sp³-hybridized carbons (Fsp3) is 0.0526. The van der Waals surface area contributed by atoms with Crippen molar-refractivity contribution in [2.45, 2.75) is 6.42 Å². The molecule has 25 heavy (non-hydrogen) atoms. The maximum absolute atomic E-state index is 12.3. The van der Waals surface area contributed by atoms with E-state index in [0.29, 0.717) is 22.9 Å². The van der Waals surface area contributed by atoms with Gasteiger partial charge in [-0.05, 0) is 35.9 Å². The largest absolute Gasteiger partial charge is 0.337 e. The van der Waals surface area contributed by atoms with Gasteiger partial charge in [0.15, 0.2) is 0 Å². The Labute approximate surface area is 157 Å². The molecule has 0 bridgehead atoms. The Bertz CT molecular complexity index is 873. The van der Waals surface area contributed by atoms with E-state index in [1.54, 1.807) is 30.3 Å². The summed E-state index contributed by atoms with van der Waals surface area (Å²) in [6, 6.07) is 22.1. The van der Waals surface area contributed by atoms with Crippen LogP contribution in [0.15, 0.2) is 72.8 Å². The molecule has 0 aliphatic heterocycles. The summed E-state index contributed by atoms with van der Waals surface area (Å²) in [5.41, 5.74) is 2.61. The zero-order valence-electron chi connectivity index (χ0n) is 13.3. The Morgan fingerprint density at radius 3 is 2.56 bits per heavy atom. The summed E-state index contributed by atoms with van der Waals surface area (Å²) < 4.78 is 1.18. The first-order valence-corrected chi connectivity index (χ1v) is 8.45. The van der Waals surface area contributed by atoms with E-state index in [1.165, 1.54) is 4.31 Å². The number of nitrogens with zero attached hydrogens (tertiary/aromatic N) is 2. The average Bonchev–Trinajstić information content (AvgIpc) is 2.62. The van der Waals surface area contributed by atoms with Gasteiger partial charge in [0.1, 0.15) is 5.82 Å². The van der Waals surface area contributed by atoms with Crippen molar-refractivity contribution in [2.24, 2.45) is 0 Å². The maximum Gasteiger partial charge on any atom is 0.337 e. The second kappa shape index (κ2) is 8.05. The zero-order valence-corrected chi connectivity index (χ0v) is 14.9. The van der Waals surface area contributed by atoms with Crippen LogP contribution in [0, 0.1) is 0 Å². The van der Waals surface area contributed by atoms with Crippen LogP contribution in [0.5, 0.6) is 0 Å². The van der Waals surface area contributed by atoms with E-state index in [2.05, 4.69) is 23.1 Å². The molecule has 0 atom stereocenters. The topological polar surface area (TPSA) is 45.2 Å². The number of carbonyl (C=O) groups is 1. The van der Waals surface area contributed by atoms with Crippen LogP contribution in [-0.4, -0.2) is 11.0 Å². The van der Waals surface area contributed by atoms with Gasteiger partial charge >= 0.3 is 6.03 Å². The number of aromatic nitrogens is 1. The monoisotopic (exact) mass is 369 g/mol. The SMILES string of the molecule is O=C(Nc1cccc(Cl)c1)N(S)c1cccc(Cc2ccccc2)n1. The predicted octanol–water partition coefficient (Wildman–Crippen LogP) is 5.21. The van der Waals surface area contributed by atoms with Gasteiger partial charge in [0.2, 0.25) is 0 Å². The molecule has 0 aliphatic carbocycles. The van der Waals surface area contributed by atoms with Crippen molar-refractivity contribution < 1.29 is 4.79 Å². The van der Waals surface area contributed by atoms with Crippen molar-refractivity contribution in [1.29, 1.82) is 0 Å². The summed E-state index contributed by atoms with van der Waals surface area (Å²) in [6.07, 6.45) is 0.687. The first-order chi connectivity index (χ1) is 12.1. The summed E-state index contributed by atoms with van der Waals surface area (Å²) in [4.78, 5) is 16.9. The van der Waals surface area contributed by atoms with Crippen molar-refractivity contribution in [3.8, 4) is 0 Å². The molecule has 2 amide bonds. The summed E-state index contributed by atoms with van der Waals surface area (Å²) in [7, 11) is 0. The van der Waals surface area contributed by atoms with E-state index in [9.17, 15) is 4.79 Å². The second-order valence-corrected chi connectivity index (χ2v) is 6.24. The number of urea groups is 1. The first kappa shape index (κ1) is 17.3. The molecule has 0 aliphatic rings. The first-order valence-electron chi connectivity index (χ1n) is 7.67. The van der Waals surface area contributed by atoms with Crippen LogP contribution in [0.3, 0.4) is 0 Å². The molecule has 1 heterocycles. The molecule has 3 rings (SSSR count). The molecule has 2 aromatic carbocycles. The highest BCUT2D eigenvalue weighted by Crippen LogP contribution is 2.19. The molecule has 1 aromatic heterocycles. The lowest BCUT2D eigenvalue weighted by molar-refractivity contribution is 0.260. The van der Waals surface area contributed by atoms with Crippen LogP contribution in [0.1, 0.15) is 11.3 Å². The highest BCUT2D eigenvalue weighted by Gasteiger charge is 2.14. The van der Waals surface area contributed by atoms with Crippen molar-refractivity contribution in [3.05, 3.63) is 89.1 Å². The quantitative estimate of drug-likeness (QED) is 0.620. The fourth-order valence-corrected chi connectivity index (χ4v) is 2.69. The number of halogens is 1. The number of pyridine rings is 1. The Balaban J connectivity index is 1.72. The van der Waals surface area contributed by atoms with Crippen molar-refractivity contribution >= 4 is 42.0 Å². The lowest BCUT2D eigenvalue weighted by atomic mass is 10.1. The van der Waals surface area contributed by atoms with Crippen molar-refractivity contribution in [2.75, 3.05) is 9.62 Å². The van der Waals surface area contributed by atoms with Gasteiger partial charge in [-0.15, -0.1) is 0 Å². The van der Waals surface area contributed by atoms with Gasteiger partial charge in [-0.2, -0.15) is 0 Å². The zero-order chi connectivity index (χ0) is 17.6. The number of hydrogen-bond donors (Lipinski definition) is 2. The van der Waals surface area contributed by atoms with Gasteiger partial charge in [-0.1, -0.05) is 66.9 Å². The molecule has 0 unspecified atom stereocenters. The second-order valence-electron chi connectivity index (χ2n) is 5.40. The smallest absolute Gasteiger partial charge is 0.307 e. The van der Waals surface area contributed by atoms with Crippen LogP contribution >= 0.6 is 24.4 Å². The summed E-state index contributed by atoms with van der Waals surface area (Å²) in [5.74, 6) is 0.455. The fourth-order valence-electron chi connectivity index (χ4n) is 2.34. The molecule has 0 spiro atoms. The van der Waals surface area contributed by atoms with Crippen LogP contribution < -0.4 is 9.62 Å². The van der Waals surface area contributed by atoms with E-state index >= 15 is 0 Å². The van der Waals surface area contributed by atoms with Gasteiger partial charge in [0, 0.05) is 22.8 Å². The lowest BCUT2D eigenvalue weighted by Gasteiger charge is -2.16. The lowest BCUT2D eigenvalue weighted by Crippen LogP contribution is -2.27. The van der Waals surface area contributed by atoms with Crippen LogP contribution in [0.2, 0.25) is 5.02 Å². The number of nitrogens with one attached hydrogen (secondary N) is 1. The van der Waals surface area contributed by atoms with E-state index in [-0.39, 0.29) is 0 Å². The highest BCUT2D eigenvalue weighted by atomic mass is 35.5. The molecule has 3 aromatic rings. The van der Waals surface area contributed by atoms with Crippen LogP contribution in [-0.2, 0) is 6.42 Å². The predicted molar refractivity (Wildman–Crippen MR) is 105 cm³/mol. The third-order valence-electron chi connectivity index (χ3n) is 3.51. The molecule has 126 valence electrons.